The van der Waals surface area contributed by atoms with Gasteiger partial charge in [0.05, 0.1) is 6.20 Å². The van der Waals surface area contributed by atoms with Crippen LogP contribution >= 0.6 is 0 Å². The van der Waals surface area contributed by atoms with Gasteiger partial charge in [0.25, 0.3) is 0 Å². The van der Waals surface area contributed by atoms with Gasteiger partial charge in [0.1, 0.15) is 0 Å². The van der Waals surface area contributed by atoms with Gasteiger partial charge in [-0.1, -0.05) is 6.92 Å². The first kappa shape index (κ1) is 9.71. The molecule has 0 saturated heterocycles. The second-order valence-electron chi connectivity index (χ2n) is 4.50. The number of rotatable bonds is 4. The van der Waals surface area contributed by atoms with Crippen molar-refractivity contribution >= 4 is 0 Å². The number of hydrogen-bond acceptors (Lipinski definition) is 2. The summed E-state index contributed by atoms with van der Waals surface area (Å²) in [4.78, 5) is 0. The summed E-state index contributed by atoms with van der Waals surface area (Å²) in [7, 11) is 2.05. The predicted octanol–water partition coefficient (Wildman–Crippen LogP) is 1.43. The second-order valence-corrected chi connectivity index (χ2v) is 4.50. The number of hydrogen-bond donors (Lipinski definition) is 1. The molecule has 0 bridgehead atoms. The van der Waals surface area contributed by atoms with Gasteiger partial charge in [0.15, 0.2) is 0 Å². The van der Waals surface area contributed by atoms with Crippen LogP contribution in [0.4, 0.5) is 0 Å². The van der Waals surface area contributed by atoms with E-state index in [0.717, 1.165) is 18.9 Å². The Morgan fingerprint density at radius 1 is 1.64 bits per heavy atom. The fourth-order valence-electron chi connectivity index (χ4n) is 1.99. The van der Waals surface area contributed by atoms with E-state index in [1.807, 2.05) is 17.9 Å². The van der Waals surface area contributed by atoms with Gasteiger partial charge in [0, 0.05) is 18.7 Å². The van der Waals surface area contributed by atoms with Gasteiger partial charge in [-0.05, 0) is 37.3 Å². The van der Waals surface area contributed by atoms with Crippen molar-refractivity contribution in [3.63, 3.8) is 0 Å². The van der Waals surface area contributed by atoms with Crippen molar-refractivity contribution in [1.29, 1.82) is 0 Å². The highest BCUT2D eigenvalue weighted by Crippen LogP contribution is 2.41. The monoisotopic (exact) mass is 193 g/mol. The van der Waals surface area contributed by atoms with Crippen LogP contribution in [0, 0.1) is 5.92 Å². The molecule has 1 aliphatic rings. The highest BCUT2D eigenvalue weighted by Gasteiger charge is 2.29. The van der Waals surface area contributed by atoms with Crippen molar-refractivity contribution in [2.45, 2.75) is 32.1 Å². The van der Waals surface area contributed by atoms with Crippen molar-refractivity contribution in [3.8, 4) is 0 Å². The molecule has 0 amide bonds. The average molecular weight is 193 g/mol. The van der Waals surface area contributed by atoms with Crippen LogP contribution in [0.1, 0.15) is 36.9 Å². The Morgan fingerprint density at radius 3 is 2.93 bits per heavy atom. The zero-order chi connectivity index (χ0) is 10.1. The molecule has 1 unspecified atom stereocenters. The first-order chi connectivity index (χ1) is 6.72. The first-order valence-electron chi connectivity index (χ1n) is 5.43. The molecule has 1 saturated carbocycles. The zero-order valence-corrected chi connectivity index (χ0v) is 9.03. The molecule has 1 heterocycles. The second kappa shape index (κ2) is 3.73. The van der Waals surface area contributed by atoms with Crippen molar-refractivity contribution in [1.82, 2.24) is 9.78 Å². The zero-order valence-electron chi connectivity index (χ0n) is 9.03. The normalized spacial score (nSPS) is 18.5. The van der Waals surface area contributed by atoms with Crippen molar-refractivity contribution < 1.29 is 0 Å². The molecule has 1 aliphatic carbocycles. The third kappa shape index (κ3) is 1.82. The Labute approximate surface area is 85.3 Å². The van der Waals surface area contributed by atoms with E-state index in [9.17, 15) is 0 Å². The van der Waals surface area contributed by atoms with Crippen LogP contribution in [0.15, 0.2) is 6.20 Å². The molecular weight excluding hydrogens is 174 g/mol. The van der Waals surface area contributed by atoms with E-state index in [1.165, 1.54) is 24.1 Å². The predicted molar refractivity (Wildman–Crippen MR) is 57.1 cm³/mol. The lowest BCUT2D eigenvalue weighted by molar-refractivity contribution is 0.587. The highest BCUT2D eigenvalue weighted by molar-refractivity contribution is 5.25. The average Bonchev–Trinajstić information content (AvgIpc) is 2.93. The minimum Gasteiger partial charge on any atom is -0.330 e. The third-order valence-electron chi connectivity index (χ3n) is 3.00. The van der Waals surface area contributed by atoms with Gasteiger partial charge in [0.2, 0.25) is 0 Å². The van der Waals surface area contributed by atoms with Crippen LogP contribution in [0.3, 0.4) is 0 Å². The van der Waals surface area contributed by atoms with Crippen LogP contribution < -0.4 is 5.73 Å². The molecule has 2 N–H and O–H groups in total. The van der Waals surface area contributed by atoms with Gasteiger partial charge in [-0.2, -0.15) is 5.10 Å². The van der Waals surface area contributed by atoms with Gasteiger partial charge in [-0.25, -0.2) is 0 Å². The lowest BCUT2D eigenvalue weighted by atomic mass is 10.0. The van der Waals surface area contributed by atoms with Crippen molar-refractivity contribution in [3.05, 3.63) is 17.5 Å². The molecule has 0 aliphatic heterocycles. The molecule has 1 fully saturated rings. The number of aryl methyl sites for hydroxylation is 1. The minimum absolute atomic E-state index is 0.566. The Kier molecular flexibility index (Phi) is 2.59. The molecule has 3 heteroatoms. The Morgan fingerprint density at radius 2 is 2.36 bits per heavy atom. The third-order valence-corrected chi connectivity index (χ3v) is 3.00. The SMILES string of the molecule is CC(CN)Cc1cnn(C)c1C1CC1. The molecule has 0 aromatic carbocycles. The van der Waals surface area contributed by atoms with Crippen LogP contribution in [-0.4, -0.2) is 16.3 Å². The van der Waals surface area contributed by atoms with E-state index in [-0.39, 0.29) is 0 Å². The maximum absolute atomic E-state index is 5.64. The van der Waals surface area contributed by atoms with Gasteiger partial charge >= 0.3 is 0 Å². The molecule has 0 spiro atoms. The Bertz CT molecular complexity index is 312. The van der Waals surface area contributed by atoms with Crippen LogP contribution in [0.25, 0.3) is 0 Å². The fourth-order valence-corrected chi connectivity index (χ4v) is 1.99. The summed E-state index contributed by atoms with van der Waals surface area (Å²) < 4.78 is 2.04. The van der Waals surface area contributed by atoms with Gasteiger partial charge in [-0.3, -0.25) is 4.68 Å². The van der Waals surface area contributed by atoms with E-state index in [1.54, 1.807) is 0 Å². The number of aromatic nitrogens is 2. The molecule has 78 valence electrons. The lowest BCUT2D eigenvalue weighted by Crippen LogP contribution is -2.13. The summed E-state index contributed by atoms with van der Waals surface area (Å²) in [6, 6.07) is 0. The topological polar surface area (TPSA) is 43.8 Å². The largest absolute Gasteiger partial charge is 0.330 e. The van der Waals surface area contributed by atoms with Crippen LogP contribution in [0.2, 0.25) is 0 Å². The molecule has 1 atom stereocenters. The van der Waals surface area contributed by atoms with E-state index in [0.29, 0.717) is 5.92 Å². The molecule has 2 rings (SSSR count). The molecule has 1 aromatic heterocycles. The summed E-state index contributed by atoms with van der Waals surface area (Å²) in [5.74, 6) is 1.35. The van der Waals surface area contributed by atoms with Crippen molar-refractivity contribution in [2.24, 2.45) is 18.7 Å². The Hall–Kier alpha value is -0.830. The maximum atomic E-state index is 5.64. The van der Waals surface area contributed by atoms with Crippen LogP contribution in [0.5, 0.6) is 0 Å². The van der Waals surface area contributed by atoms with E-state index in [4.69, 9.17) is 5.73 Å². The Balaban J connectivity index is 2.15. The summed E-state index contributed by atoms with van der Waals surface area (Å²) >= 11 is 0. The summed E-state index contributed by atoms with van der Waals surface area (Å²) in [6.45, 7) is 2.96. The van der Waals surface area contributed by atoms with E-state index < -0.39 is 0 Å². The number of nitrogens with two attached hydrogens (primary N) is 1. The van der Waals surface area contributed by atoms with Crippen LogP contribution in [-0.2, 0) is 13.5 Å². The highest BCUT2D eigenvalue weighted by atomic mass is 15.3. The summed E-state index contributed by atoms with van der Waals surface area (Å²) in [6.07, 6.45) is 5.77. The molecule has 14 heavy (non-hydrogen) atoms. The van der Waals surface area contributed by atoms with Gasteiger partial charge < -0.3 is 5.73 Å². The number of nitrogens with zero attached hydrogens (tertiary/aromatic N) is 2. The van der Waals surface area contributed by atoms with Crippen molar-refractivity contribution in [2.75, 3.05) is 6.54 Å². The smallest absolute Gasteiger partial charge is 0.0524 e. The molecular formula is C11H19N3. The first-order valence-corrected chi connectivity index (χ1v) is 5.43. The summed E-state index contributed by atoms with van der Waals surface area (Å²) in [5.41, 5.74) is 8.50. The lowest BCUT2D eigenvalue weighted by Gasteiger charge is -2.09. The van der Waals surface area contributed by atoms with E-state index >= 15 is 0 Å². The van der Waals surface area contributed by atoms with E-state index in [2.05, 4.69) is 12.0 Å². The molecule has 3 nitrogen and oxygen atoms in total. The fraction of sp³-hybridized carbons (Fsp3) is 0.727. The van der Waals surface area contributed by atoms with Gasteiger partial charge in [-0.15, -0.1) is 0 Å². The molecule has 1 aromatic rings. The summed E-state index contributed by atoms with van der Waals surface area (Å²) in [5, 5.41) is 4.34. The standard InChI is InChI=1S/C11H19N3/c1-8(6-12)5-10-7-13-14(2)11(10)9-3-4-9/h7-9H,3-6,12H2,1-2H3. The molecule has 0 radical (unpaired) electrons. The maximum Gasteiger partial charge on any atom is 0.0524 e. The quantitative estimate of drug-likeness (QED) is 0.786. The minimum atomic E-state index is 0.566.